The number of hydrogen-bond acceptors (Lipinski definition) is 3. The van der Waals surface area contributed by atoms with E-state index in [-0.39, 0.29) is 24.0 Å². The molecule has 0 saturated carbocycles. The fourth-order valence-corrected chi connectivity index (χ4v) is 1.53. The summed E-state index contributed by atoms with van der Waals surface area (Å²) in [6.45, 7) is 0.660. The Labute approximate surface area is 110 Å². The summed E-state index contributed by atoms with van der Waals surface area (Å²) in [5, 5.41) is 3.94. The first kappa shape index (κ1) is 14.3. The Hall–Kier alpha value is -1.75. The Balaban J connectivity index is 0.00000162. The summed E-state index contributed by atoms with van der Waals surface area (Å²) in [5.74, 6) is -0.311. The summed E-state index contributed by atoms with van der Waals surface area (Å²) in [4.78, 5) is 15.5. The van der Waals surface area contributed by atoms with Crippen LogP contribution in [0.15, 0.2) is 36.9 Å². The minimum atomic E-state index is -0.329. The van der Waals surface area contributed by atoms with Crippen LogP contribution in [0.5, 0.6) is 0 Å². The number of nitrogens with zero attached hydrogens (tertiary/aromatic N) is 3. The number of aryl methyl sites for hydroxylation is 1. The molecule has 0 unspecified atom stereocenters. The Morgan fingerprint density at radius 2 is 2.00 bits per heavy atom. The number of benzene rings is 1. The third kappa shape index (κ3) is 3.92. The lowest BCUT2D eigenvalue weighted by Gasteiger charge is -2.01. The zero-order chi connectivity index (χ0) is 12.1. The Kier molecular flexibility index (Phi) is 5.45. The van der Waals surface area contributed by atoms with Crippen molar-refractivity contribution in [2.24, 2.45) is 0 Å². The van der Waals surface area contributed by atoms with Crippen LogP contribution >= 0.6 is 12.4 Å². The van der Waals surface area contributed by atoms with Gasteiger partial charge >= 0.3 is 0 Å². The van der Waals surface area contributed by atoms with Gasteiger partial charge in [0, 0.05) is 18.5 Å². The van der Waals surface area contributed by atoms with Gasteiger partial charge in [0.2, 0.25) is 0 Å². The monoisotopic (exact) mass is 269 g/mol. The van der Waals surface area contributed by atoms with E-state index in [4.69, 9.17) is 0 Å². The molecule has 2 rings (SSSR count). The predicted octanol–water partition coefficient (Wildman–Crippen LogP) is 2.50. The summed E-state index contributed by atoms with van der Waals surface area (Å²) in [6.07, 6.45) is 4.19. The normalized spacial score (nSPS) is 9.83. The maximum atomic E-state index is 12.7. The molecule has 0 amide bonds. The van der Waals surface area contributed by atoms with Crippen LogP contribution in [0.3, 0.4) is 0 Å². The van der Waals surface area contributed by atoms with Crippen LogP contribution in [0, 0.1) is 5.82 Å². The molecule has 0 aliphatic rings. The standard InChI is InChI=1S/C12H12FN3O.ClH/c13-11-5-3-10(4-6-11)12(17)2-1-7-16-9-14-8-15-16;/h3-6,8-9H,1-2,7H2;1H. The molecule has 0 atom stereocenters. The molecule has 0 N–H and O–H groups in total. The van der Waals surface area contributed by atoms with Crippen LogP contribution in [-0.4, -0.2) is 20.5 Å². The lowest BCUT2D eigenvalue weighted by molar-refractivity contribution is 0.0978. The number of rotatable bonds is 5. The highest BCUT2D eigenvalue weighted by atomic mass is 35.5. The highest BCUT2D eigenvalue weighted by Crippen LogP contribution is 2.07. The number of carbonyl (C=O) groups is 1. The quantitative estimate of drug-likeness (QED) is 0.784. The van der Waals surface area contributed by atoms with E-state index in [1.807, 2.05) is 0 Å². The highest BCUT2D eigenvalue weighted by molar-refractivity contribution is 5.95. The van der Waals surface area contributed by atoms with Gasteiger partial charge in [-0.25, -0.2) is 9.37 Å². The van der Waals surface area contributed by atoms with E-state index in [2.05, 4.69) is 10.1 Å². The molecule has 0 saturated heterocycles. The first-order chi connectivity index (χ1) is 8.25. The van der Waals surface area contributed by atoms with Gasteiger partial charge in [-0.05, 0) is 30.7 Å². The van der Waals surface area contributed by atoms with Gasteiger partial charge in [0.25, 0.3) is 0 Å². The zero-order valence-corrected chi connectivity index (χ0v) is 10.4. The van der Waals surface area contributed by atoms with E-state index in [1.165, 1.54) is 30.6 Å². The lowest BCUT2D eigenvalue weighted by Crippen LogP contribution is -2.03. The molecule has 0 radical (unpaired) electrons. The van der Waals surface area contributed by atoms with Crippen molar-refractivity contribution in [2.45, 2.75) is 19.4 Å². The van der Waals surface area contributed by atoms with Crippen LogP contribution in [0.2, 0.25) is 0 Å². The smallest absolute Gasteiger partial charge is 0.162 e. The van der Waals surface area contributed by atoms with Gasteiger partial charge in [0.1, 0.15) is 18.5 Å². The van der Waals surface area contributed by atoms with E-state index in [0.29, 0.717) is 24.9 Å². The second-order valence-electron chi connectivity index (χ2n) is 3.69. The van der Waals surface area contributed by atoms with E-state index < -0.39 is 0 Å². The van der Waals surface area contributed by atoms with E-state index in [1.54, 1.807) is 11.0 Å². The fourth-order valence-electron chi connectivity index (χ4n) is 1.53. The maximum absolute atomic E-state index is 12.7. The van der Waals surface area contributed by atoms with Crippen molar-refractivity contribution < 1.29 is 9.18 Å². The van der Waals surface area contributed by atoms with Crippen molar-refractivity contribution in [3.8, 4) is 0 Å². The van der Waals surface area contributed by atoms with Gasteiger partial charge in [0.05, 0.1) is 0 Å². The van der Waals surface area contributed by atoms with Gasteiger partial charge in [-0.3, -0.25) is 9.48 Å². The Bertz CT molecular complexity index is 485. The largest absolute Gasteiger partial charge is 0.294 e. The fraction of sp³-hybridized carbons (Fsp3) is 0.250. The highest BCUT2D eigenvalue weighted by Gasteiger charge is 2.05. The topological polar surface area (TPSA) is 47.8 Å². The van der Waals surface area contributed by atoms with Crippen LogP contribution in [0.1, 0.15) is 23.2 Å². The number of halogens is 2. The van der Waals surface area contributed by atoms with Gasteiger partial charge in [-0.15, -0.1) is 12.4 Å². The molecular weight excluding hydrogens is 257 g/mol. The minimum Gasteiger partial charge on any atom is -0.294 e. The van der Waals surface area contributed by atoms with Crippen molar-refractivity contribution in [3.05, 3.63) is 48.3 Å². The average molecular weight is 270 g/mol. The second kappa shape index (κ2) is 6.86. The molecule has 0 bridgehead atoms. The second-order valence-corrected chi connectivity index (χ2v) is 3.69. The molecule has 0 aliphatic heterocycles. The number of carbonyl (C=O) groups excluding carboxylic acids is 1. The summed E-state index contributed by atoms with van der Waals surface area (Å²) in [5.41, 5.74) is 0.546. The molecule has 0 fully saturated rings. The maximum Gasteiger partial charge on any atom is 0.162 e. The third-order valence-electron chi connectivity index (χ3n) is 2.42. The summed E-state index contributed by atoms with van der Waals surface area (Å²) in [6, 6.07) is 5.61. The van der Waals surface area contributed by atoms with Crippen molar-refractivity contribution in [1.29, 1.82) is 0 Å². The number of aromatic nitrogens is 3. The minimum absolute atomic E-state index is 0. The first-order valence-electron chi connectivity index (χ1n) is 5.37. The van der Waals surface area contributed by atoms with Crippen LogP contribution in [-0.2, 0) is 6.54 Å². The molecular formula is C12H13ClFN3O. The third-order valence-corrected chi connectivity index (χ3v) is 2.42. The van der Waals surface area contributed by atoms with Crippen molar-refractivity contribution in [3.63, 3.8) is 0 Å². The molecule has 1 aromatic heterocycles. The van der Waals surface area contributed by atoms with Crippen molar-refractivity contribution >= 4 is 18.2 Å². The molecule has 1 heterocycles. The van der Waals surface area contributed by atoms with Crippen LogP contribution < -0.4 is 0 Å². The van der Waals surface area contributed by atoms with Crippen molar-refractivity contribution in [2.75, 3.05) is 0 Å². The number of ketones is 1. The van der Waals surface area contributed by atoms with Gasteiger partial charge in [-0.1, -0.05) is 0 Å². The number of Topliss-reactive ketones (excluding diaryl/α,β-unsaturated/α-hetero) is 1. The van der Waals surface area contributed by atoms with Gasteiger partial charge in [0.15, 0.2) is 5.78 Å². The van der Waals surface area contributed by atoms with Gasteiger partial charge in [-0.2, -0.15) is 5.10 Å². The van der Waals surface area contributed by atoms with E-state index >= 15 is 0 Å². The molecule has 1 aromatic carbocycles. The molecule has 0 spiro atoms. The summed E-state index contributed by atoms with van der Waals surface area (Å²) < 4.78 is 14.3. The first-order valence-corrected chi connectivity index (χ1v) is 5.37. The molecule has 2 aromatic rings. The molecule has 4 nitrogen and oxygen atoms in total. The zero-order valence-electron chi connectivity index (χ0n) is 9.62. The Morgan fingerprint density at radius 1 is 1.28 bits per heavy atom. The molecule has 18 heavy (non-hydrogen) atoms. The van der Waals surface area contributed by atoms with E-state index in [0.717, 1.165) is 0 Å². The number of hydrogen-bond donors (Lipinski definition) is 0. The SMILES string of the molecule is Cl.O=C(CCCn1cncn1)c1ccc(F)cc1. The van der Waals surface area contributed by atoms with Crippen LogP contribution in [0.4, 0.5) is 4.39 Å². The van der Waals surface area contributed by atoms with E-state index in [9.17, 15) is 9.18 Å². The van der Waals surface area contributed by atoms with Crippen LogP contribution in [0.25, 0.3) is 0 Å². The van der Waals surface area contributed by atoms with Gasteiger partial charge < -0.3 is 0 Å². The molecule has 96 valence electrons. The predicted molar refractivity (Wildman–Crippen MR) is 67.2 cm³/mol. The summed E-state index contributed by atoms with van der Waals surface area (Å²) >= 11 is 0. The molecule has 6 heteroatoms. The van der Waals surface area contributed by atoms with Crippen molar-refractivity contribution in [1.82, 2.24) is 14.8 Å². The molecule has 0 aliphatic carbocycles. The Morgan fingerprint density at radius 3 is 2.61 bits per heavy atom. The summed E-state index contributed by atoms with van der Waals surface area (Å²) in [7, 11) is 0. The average Bonchev–Trinajstić information content (AvgIpc) is 2.83. The lowest BCUT2D eigenvalue weighted by atomic mass is 10.1.